The molecule has 2 aromatic carbocycles. The van der Waals surface area contributed by atoms with Crippen LogP contribution in [0.5, 0.6) is 0 Å². The SMILES string of the molecule is O=C1OCC2=C1[C@H](c1ccc(F)cc1)CC(=O)N2c1cccc(C(F)(F)F)c1. The fraction of sp³-hybridized carbons (Fsp3) is 0.200. The van der Waals surface area contributed by atoms with Crippen molar-refractivity contribution in [2.45, 2.75) is 18.5 Å². The molecule has 28 heavy (non-hydrogen) atoms. The molecule has 144 valence electrons. The topological polar surface area (TPSA) is 46.6 Å². The number of cyclic esters (lactones) is 1. The summed E-state index contributed by atoms with van der Waals surface area (Å²) < 4.78 is 57.5. The molecule has 1 amide bonds. The molecule has 4 rings (SSSR count). The predicted molar refractivity (Wildman–Crippen MR) is 90.7 cm³/mol. The van der Waals surface area contributed by atoms with E-state index in [1.165, 1.54) is 36.4 Å². The van der Waals surface area contributed by atoms with E-state index in [2.05, 4.69) is 0 Å². The predicted octanol–water partition coefficient (Wildman–Crippen LogP) is 4.18. The number of carbonyl (C=O) groups excluding carboxylic acids is 2. The maximum atomic E-state index is 13.2. The van der Waals surface area contributed by atoms with Crippen LogP contribution >= 0.6 is 0 Å². The van der Waals surface area contributed by atoms with E-state index in [9.17, 15) is 27.2 Å². The van der Waals surface area contributed by atoms with Crippen LogP contribution in [0.4, 0.5) is 23.2 Å². The van der Waals surface area contributed by atoms with Crippen LogP contribution < -0.4 is 4.90 Å². The molecular formula is C20H13F4NO3. The van der Waals surface area contributed by atoms with Crippen LogP contribution in [-0.4, -0.2) is 18.5 Å². The lowest BCUT2D eigenvalue weighted by molar-refractivity contribution is -0.138. The van der Waals surface area contributed by atoms with Crippen molar-refractivity contribution in [3.05, 3.63) is 76.7 Å². The number of amides is 1. The highest BCUT2D eigenvalue weighted by Gasteiger charge is 2.43. The quantitative estimate of drug-likeness (QED) is 0.570. The summed E-state index contributed by atoms with van der Waals surface area (Å²) in [6.45, 7) is -0.214. The van der Waals surface area contributed by atoms with Gasteiger partial charge in [0.15, 0.2) is 0 Å². The maximum absolute atomic E-state index is 13.2. The van der Waals surface area contributed by atoms with Gasteiger partial charge in [0, 0.05) is 18.0 Å². The highest BCUT2D eigenvalue weighted by molar-refractivity contribution is 6.06. The minimum absolute atomic E-state index is 0.0168. The van der Waals surface area contributed by atoms with E-state index in [1.54, 1.807) is 0 Å². The standard InChI is InChI=1S/C20H13F4NO3/c21-13-6-4-11(5-7-13)15-9-17(26)25(16-10-28-19(27)18(15)16)14-3-1-2-12(8-14)20(22,23)24/h1-8,15H,9-10H2/t15-/m0/s1. The average Bonchev–Trinajstić information content (AvgIpc) is 3.03. The number of halogens is 4. The van der Waals surface area contributed by atoms with Crippen LogP contribution in [0.15, 0.2) is 59.8 Å². The first-order chi connectivity index (χ1) is 13.3. The van der Waals surface area contributed by atoms with Crippen molar-refractivity contribution >= 4 is 17.6 Å². The third kappa shape index (κ3) is 3.04. The molecule has 0 radical (unpaired) electrons. The zero-order chi connectivity index (χ0) is 20.1. The molecule has 4 nitrogen and oxygen atoms in total. The molecule has 8 heteroatoms. The van der Waals surface area contributed by atoms with Gasteiger partial charge in [-0.1, -0.05) is 18.2 Å². The lowest BCUT2D eigenvalue weighted by Crippen LogP contribution is -2.37. The molecule has 2 aliphatic heterocycles. The zero-order valence-electron chi connectivity index (χ0n) is 14.3. The third-order valence-electron chi connectivity index (χ3n) is 4.82. The fourth-order valence-corrected chi connectivity index (χ4v) is 3.55. The number of esters is 1. The fourth-order valence-electron chi connectivity index (χ4n) is 3.55. The van der Waals surface area contributed by atoms with Gasteiger partial charge >= 0.3 is 12.1 Å². The van der Waals surface area contributed by atoms with Gasteiger partial charge in [-0.05, 0) is 35.9 Å². The van der Waals surface area contributed by atoms with Gasteiger partial charge in [-0.3, -0.25) is 9.69 Å². The van der Waals surface area contributed by atoms with Crippen LogP contribution in [0.25, 0.3) is 0 Å². The molecule has 2 aliphatic rings. The Balaban J connectivity index is 1.81. The Labute approximate surface area is 157 Å². The van der Waals surface area contributed by atoms with Crippen molar-refractivity contribution in [2.75, 3.05) is 11.5 Å². The van der Waals surface area contributed by atoms with Crippen molar-refractivity contribution in [2.24, 2.45) is 0 Å². The largest absolute Gasteiger partial charge is 0.456 e. The average molecular weight is 391 g/mol. The molecule has 2 heterocycles. The number of hydrogen-bond donors (Lipinski definition) is 0. The molecule has 0 unspecified atom stereocenters. The van der Waals surface area contributed by atoms with Crippen LogP contribution in [0.2, 0.25) is 0 Å². The van der Waals surface area contributed by atoms with E-state index in [1.807, 2.05) is 0 Å². The normalized spacial score (nSPS) is 19.7. The van der Waals surface area contributed by atoms with Gasteiger partial charge in [0.1, 0.15) is 12.4 Å². The molecule has 0 saturated carbocycles. The Bertz CT molecular complexity index is 995. The summed E-state index contributed by atoms with van der Waals surface area (Å²) in [5, 5.41) is 0. The molecule has 0 bridgehead atoms. The van der Waals surface area contributed by atoms with Gasteiger partial charge in [-0.2, -0.15) is 13.2 Å². The van der Waals surface area contributed by atoms with Gasteiger partial charge in [0.2, 0.25) is 5.91 Å². The minimum Gasteiger partial charge on any atom is -0.456 e. The molecule has 0 aliphatic carbocycles. The van der Waals surface area contributed by atoms with Crippen LogP contribution in [-0.2, 0) is 20.5 Å². The van der Waals surface area contributed by atoms with Crippen LogP contribution in [0.1, 0.15) is 23.5 Å². The Morgan fingerprint density at radius 2 is 1.75 bits per heavy atom. The van der Waals surface area contributed by atoms with E-state index >= 15 is 0 Å². The number of hydrogen-bond acceptors (Lipinski definition) is 3. The smallest absolute Gasteiger partial charge is 0.416 e. The molecule has 0 spiro atoms. The summed E-state index contributed by atoms with van der Waals surface area (Å²) >= 11 is 0. The lowest BCUT2D eigenvalue weighted by Gasteiger charge is -2.32. The summed E-state index contributed by atoms with van der Waals surface area (Å²) in [6, 6.07) is 9.74. The van der Waals surface area contributed by atoms with Crippen molar-refractivity contribution in [1.29, 1.82) is 0 Å². The van der Waals surface area contributed by atoms with Gasteiger partial charge in [0.25, 0.3) is 0 Å². The van der Waals surface area contributed by atoms with Crippen molar-refractivity contribution in [3.8, 4) is 0 Å². The van der Waals surface area contributed by atoms with E-state index in [-0.39, 0.29) is 30.0 Å². The minimum atomic E-state index is -4.56. The van der Waals surface area contributed by atoms with Crippen LogP contribution in [0, 0.1) is 5.82 Å². The van der Waals surface area contributed by atoms with Gasteiger partial charge < -0.3 is 4.74 Å². The number of benzene rings is 2. The number of ether oxygens (including phenoxy) is 1. The maximum Gasteiger partial charge on any atom is 0.416 e. The van der Waals surface area contributed by atoms with Crippen molar-refractivity contribution in [3.63, 3.8) is 0 Å². The van der Waals surface area contributed by atoms with E-state index in [4.69, 9.17) is 4.74 Å². The summed E-state index contributed by atoms with van der Waals surface area (Å²) in [5.41, 5.74) is 0.109. The molecule has 0 aromatic heterocycles. The third-order valence-corrected chi connectivity index (χ3v) is 4.82. The van der Waals surface area contributed by atoms with E-state index in [0.717, 1.165) is 17.0 Å². The monoisotopic (exact) mass is 391 g/mol. The Morgan fingerprint density at radius 3 is 2.43 bits per heavy atom. The second-order valence-electron chi connectivity index (χ2n) is 6.52. The zero-order valence-corrected chi connectivity index (χ0v) is 14.3. The summed E-state index contributed by atoms with van der Waals surface area (Å²) in [4.78, 5) is 26.2. The Morgan fingerprint density at radius 1 is 1.04 bits per heavy atom. The first-order valence-corrected chi connectivity index (χ1v) is 8.41. The molecule has 0 fully saturated rings. The van der Waals surface area contributed by atoms with Gasteiger partial charge in [-0.15, -0.1) is 0 Å². The first-order valence-electron chi connectivity index (χ1n) is 8.41. The number of rotatable bonds is 2. The number of carbonyl (C=O) groups is 2. The second-order valence-corrected chi connectivity index (χ2v) is 6.52. The Kier molecular flexibility index (Phi) is 4.21. The van der Waals surface area contributed by atoms with Gasteiger partial charge in [-0.25, -0.2) is 9.18 Å². The molecule has 0 saturated heterocycles. The van der Waals surface area contributed by atoms with E-state index in [0.29, 0.717) is 5.56 Å². The summed E-state index contributed by atoms with van der Waals surface area (Å²) in [7, 11) is 0. The number of anilines is 1. The highest BCUT2D eigenvalue weighted by atomic mass is 19.4. The van der Waals surface area contributed by atoms with Crippen LogP contribution in [0.3, 0.4) is 0 Å². The molecule has 2 aromatic rings. The summed E-state index contributed by atoms with van der Waals surface area (Å²) in [5.74, 6) is -2.20. The second kappa shape index (κ2) is 6.47. The Hall–Kier alpha value is -3.16. The van der Waals surface area contributed by atoms with E-state index < -0.39 is 35.4 Å². The molecule has 1 atom stereocenters. The van der Waals surface area contributed by atoms with Gasteiger partial charge in [0.05, 0.1) is 16.8 Å². The van der Waals surface area contributed by atoms with Crippen molar-refractivity contribution < 1.29 is 31.9 Å². The number of nitrogens with zero attached hydrogens (tertiary/aromatic N) is 1. The highest BCUT2D eigenvalue weighted by Crippen LogP contribution is 2.42. The lowest BCUT2D eigenvalue weighted by atomic mass is 9.84. The molecule has 0 N–H and O–H groups in total. The number of alkyl halides is 3. The molecular weight excluding hydrogens is 378 g/mol. The first kappa shape index (κ1) is 18.2. The summed E-state index contributed by atoms with van der Waals surface area (Å²) in [6.07, 6.45) is -4.71. The van der Waals surface area contributed by atoms with Crippen molar-refractivity contribution in [1.82, 2.24) is 0 Å².